The zero-order valence-electron chi connectivity index (χ0n) is 24.2. The molecule has 38 heavy (non-hydrogen) atoms. The van der Waals surface area contributed by atoms with Crippen LogP contribution >= 0.6 is 0 Å². The van der Waals surface area contributed by atoms with Crippen molar-refractivity contribution in [1.29, 1.82) is 0 Å². The van der Waals surface area contributed by atoms with Crippen LogP contribution in [-0.2, 0) is 28.5 Å². The molecule has 4 aliphatic carbocycles. The number of hydrogen-bond donors (Lipinski definition) is 1. The minimum absolute atomic E-state index is 0.00358. The Labute approximate surface area is 227 Å². The second kappa shape index (κ2) is 8.29. The molecule has 11 atom stereocenters. The van der Waals surface area contributed by atoms with Gasteiger partial charge in [-0.05, 0) is 87.9 Å². The van der Waals surface area contributed by atoms with Gasteiger partial charge in [0.25, 0.3) is 0 Å². The quantitative estimate of drug-likeness (QED) is 0.402. The van der Waals surface area contributed by atoms with Crippen LogP contribution in [0.15, 0.2) is 11.6 Å². The fraction of sp³-hybridized carbons (Fsp3) is 0.871. The van der Waals surface area contributed by atoms with Crippen molar-refractivity contribution in [2.75, 3.05) is 0 Å². The van der Waals surface area contributed by atoms with E-state index in [4.69, 9.17) is 18.9 Å². The maximum Gasteiger partial charge on any atom is 0.303 e. The zero-order valence-corrected chi connectivity index (χ0v) is 24.2. The van der Waals surface area contributed by atoms with Crippen molar-refractivity contribution in [3.05, 3.63) is 11.6 Å². The van der Waals surface area contributed by atoms with E-state index in [1.807, 2.05) is 0 Å². The molecule has 1 N–H and O–H groups in total. The van der Waals surface area contributed by atoms with Gasteiger partial charge in [-0.15, -0.1) is 0 Å². The molecule has 0 amide bonds. The first-order valence-electron chi connectivity index (χ1n) is 14.8. The third-order valence-corrected chi connectivity index (χ3v) is 12.1. The van der Waals surface area contributed by atoms with Gasteiger partial charge in [-0.25, -0.2) is 0 Å². The molecule has 2 bridgehead atoms. The van der Waals surface area contributed by atoms with E-state index in [0.29, 0.717) is 24.2 Å². The Morgan fingerprint density at radius 2 is 1.76 bits per heavy atom. The van der Waals surface area contributed by atoms with Crippen LogP contribution in [0.25, 0.3) is 0 Å². The van der Waals surface area contributed by atoms with Crippen LogP contribution in [0.5, 0.6) is 0 Å². The fourth-order valence-corrected chi connectivity index (χ4v) is 10.5. The van der Waals surface area contributed by atoms with E-state index in [9.17, 15) is 14.7 Å². The molecule has 6 aliphatic rings. The average Bonchev–Trinajstić information content (AvgIpc) is 3.22. The van der Waals surface area contributed by atoms with Crippen LogP contribution < -0.4 is 0 Å². The van der Waals surface area contributed by atoms with Crippen LogP contribution in [0.3, 0.4) is 0 Å². The number of carbonyl (C=O) groups is 2. The molecule has 2 heterocycles. The molecule has 5 fully saturated rings. The van der Waals surface area contributed by atoms with Gasteiger partial charge in [0.15, 0.2) is 0 Å². The van der Waals surface area contributed by atoms with Crippen molar-refractivity contribution >= 4 is 11.9 Å². The molecular formula is C31H46O7. The minimum atomic E-state index is -1.23. The highest BCUT2D eigenvalue weighted by Gasteiger charge is 2.76. The number of allylic oxidation sites excluding steroid dienone is 1. The molecule has 0 aromatic carbocycles. The summed E-state index contributed by atoms with van der Waals surface area (Å²) < 4.78 is 25.1. The largest absolute Gasteiger partial charge is 0.462 e. The van der Waals surface area contributed by atoms with E-state index in [-0.39, 0.29) is 40.9 Å². The molecule has 6 rings (SSSR count). The Morgan fingerprint density at radius 3 is 2.42 bits per heavy atom. The first kappa shape index (κ1) is 26.8. The summed E-state index contributed by atoms with van der Waals surface area (Å²) in [7, 11) is 0. The third-order valence-electron chi connectivity index (χ3n) is 12.1. The Hall–Kier alpha value is -1.44. The number of carbonyl (C=O) groups excluding carboxylic acids is 2. The van der Waals surface area contributed by atoms with Crippen LogP contribution in [0.2, 0.25) is 0 Å². The number of fused-ring (bicyclic) bond motifs is 10. The molecule has 0 aromatic heterocycles. The van der Waals surface area contributed by atoms with Crippen molar-refractivity contribution in [2.45, 2.75) is 135 Å². The summed E-state index contributed by atoms with van der Waals surface area (Å²) in [4.78, 5) is 23.8. The Balaban J connectivity index is 1.33. The lowest BCUT2D eigenvalue weighted by Crippen LogP contribution is -2.64. The SMILES string of the molecule is CC(=O)O[C@H]1CC[C@@]2(C)C(=CC[C@H]3[C@@H]4C[C@@H]5O[C@@]6(C(C)(C)O)C[C@@H](OC(C)=O)[C@](C)(O6)[C@@H]5[C@@]4(C)CC[C@@H]32)C1. The maximum atomic E-state index is 12.2. The Kier molecular flexibility index (Phi) is 5.84. The van der Waals surface area contributed by atoms with Gasteiger partial charge >= 0.3 is 11.9 Å². The van der Waals surface area contributed by atoms with Gasteiger partial charge in [-0.3, -0.25) is 9.59 Å². The van der Waals surface area contributed by atoms with E-state index >= 15 is 0 Å². The van der Waals surface area contributed by atoms with E-state index in [1.165, 1.54) is 19.4 Å². The molecule has 0 spiro atoms. The highest BCUT2D eigenvalue weighted by Crippen LogP contribution is 2.72. The predicted molar refractivity (Wildman–Crippen MR) is 140 cm³/mol. The lowest BCUT2D eigenvalue weighted by Gasteiger charge is -2.59. The molecule has 0 aromatic rings. The molecule has 3 saturated carbocycles. The molecule has 7 nitrogen and oxygen atoms in total. The standard InChI is InChI=1S/C31H46O7/c1-17(32)35-20-10-12-28(5)19(14-20)8-9-21-22(28)11-13-29(6)23(21)15-24-26(29)30(7)25(36-18(2)33)16-31(37-24,38-30)27(3,4)34/h8,20-26,34H,9-16H2,1-7H3/t20-,21+,22-,23-,24-,25+,26-,28-,29-,30-,31-/m0/s1. The van der Waals surface area contributed by atoms with Crippen LogP contribution in [-0.4, -0.2) is 52.3 Å². The number of aliphatic hydroxyl groups is 1. The number of ether oxygens (including phenoxy) is 4. The van der Waals surface area contributed by atoms with Crippen molar-refractivity contribution in [2.24, 2.45) is 34.5 Å². The number of hydrogen-bond acceptors (Lipinski definition) is 7. The topological polar surface area (TPSA) is 91.3 Å². The first-order valence-corrected chi connectivity index (χ1v) is 14.8. The van der Waals surface area contributed by atoms with Crippen LogP contribution in [0, 0.1) is 34.5 Å². The lowest BCUT2D eigenvalue weighted by atomic mass is 9.46. The summed E-state index contributed by atoms with van der Waals surface area (Å²) in [5.41, 5.74) is -0.333. The Bertz CT molecular complexity index is 1060. The number of esters is 2. The van der Waals surface area contributed by atoms with E-state index < -0.39 is 23.1 Å². The molecule has 0 unspecified atom stereocenters. The highest BCUT2D eigenvalue weighted by atomic mass is 16.8. The molecule has 212 valence electrons. The van der Waals surface area contributed by atoms with Gasteiger partial charge < -0.3 is 24.1 Å². The van der Waals surface area contributed by atoms with E-state index in [0.717, 1.165) is 44.9 Å². The van der Waals surface area contributed by atoms with Gasteiger partial charge in [0.2, 0.25) is 5.79 Å². The molecule has 2 aliphatic heterocycles. The number of rotatable bonds is 3. The summed E-state index contributed by atoms with van der Waals surface area (Å²) in [6.45, 7) is 13.4. The second-order valence-electron chi connectivity index (χ2n) is 14.5. The normalized spacial score (nSPS) is 51.2. The van der Waals surface area contributed by atoms with Crippen molar-refractivity contribution in [1.82, 2.24) is 0 Å². The first-order chi connectivity index (χ1) is 17.6. The summed E-state index contributed by atoms with van der Waals surface area (Å²) in [5.74, 6) is 0.00497. The summed E-state index contributed by atoms with van der Waals surface area (Å²) in [6.07, 6.45) is 9.38. The molecule has 7 heteroatoms. The van der Waals surface area contributed by atoms with Crippen molar-refractivity contribution in [3.8, 4) is 0 Å². The third kappa shape index (κ3) is 3.56. The lowest BCUT2D eigenvalue weighted by molar-refractivity contribution is -0.384. The van der Waals surface area contributed by atoms with E-state index in [2.05, 4.69) is 26.8 Å². The smallest absolute Gasteiger partial charge is 0.303 e. The van der Waals surface area contributed by atoms with Crippen molar-refractivity contribution in [3.63, 3.8) is 0 Å². The van der Waals surface area contributed by atoms with Gasteiger partial charge in [0, 0.05) is 32.6 Å². The Morgan fingerprint density at radius 1 is 1.05 bits per heavy atom. The van der Waals surface area contributed by atoms with Gasteiger partial charge in [0.05, 0.1) is 6.10 Å². The van der Waals surface area contributed by atoms with Gasteiger partial charge in [-0.1, -0.05) is 25.5 Å². The van der Waals surface area contributed by atoms with Crippen LogP contribution in [0.4, 0.5) is 0 Å². The molecule has 2 saturated heterocycles. The van der Waals surface area contributed by atoms with Crippen molar-refractivity contribution < 1.29 is 33.6 Å². The van der Waals surface area contributed by atoms with Gasteiger partial charge in [-0.2, -0.15) is 0 Å². The fourth-order valence-electron chi connectivity index (χ4n) is 10.5. The second-order valence-corrected chi connectivity index (χ2v) is 14.5. The highest BCUT2D eigenvalue weighted by molar-refractivity contribution is 5.66. The zero-order chi connectivity index (χ0) is 27.5. The maximum absolute atomic E-state index is 12.2. The summed E-state index contributed by atoms with van der Waals surface area (Å²) >= 11 is 0. The predicted octanol–water partition coefficient (Wildman–Crippen LogP) is 5.08. The average molecular weight is 531 g/mol. The molecular weight excluding hydrogens is 484 g/mol. The molecule has 0 radical (unpaired) electrons. The van der Waals surface area contributed by atoms with Crippen LogP contribution in [0.1, 0.15) is 99.8 Å². The monoisotopic (exact) mass is 530 g/mol. The minimum Gasteiger partial charge on any atom is -0.462 e. The summed E-state index contributed by atoms with van der Waals surface area (Å²) in [5, 5.41) is 11.2. The van der Waals surface area contributed by atoms with E-state index in [1.54, 1.807) is 13.8 Å². The summed E-state index contributed by atoms with van der Waals surface area (Å²) in [6, 6.07) is 0. The van der Waals surface area contributed by atoms with Gasteiger partial charge in [0.1, 0.15) is 23.4 Å².